The maximum absolute atomic E-state index is 11.5. The Morgan fingerprint density at radius 1 is 1.62 bits per heavy atom. The number of carbonyl (C=O) groups is 2. The van der Waals surface area contributed by atoms with E-state index in [4.69, 9.17) is 0 Å². The van der Waals surface area contributed by atoms with Gasteiger partial charge in [0.25, 0.3) is 0 Å². The van der Waals surface area contributed by atoms with Gasteiger partial charge in [0.2, 0.25) is 18.2 Å². The molecule has 1 unspecified atom stereocenters. The Balaban J connectivity index is 2.40. The Kier molecular flexibility index (Phi) is 4.77. The Hall–Kier alpha value is -1.57. The lowest BCUT2D eigenvalue weighted by atomic mass is 10.3. The largest absolute Gasteiger partial charge is 0.347 e. The minimum Gasteiger partial charge on any atom is -0.347 e. The highest BCUT2D eigenvalue weighted by atomic mass is 32.1. The highest BCUT2D eigenvalue weighted by Gasteiger charge is 2.17. The molecule has 0 fully saturated rings. The van der Waals surface area contributed by atoms with E-state index < -0.39 is 6.04 Å². The number of thiol groups is 1. The van der Waals surface area contributed by atoms with E-state index in [1.807, 2.05) is 0 Å². The van der Waals surface area contributed by atoms with Crippen LogP contribution < -0.4 is 10.6 Å². The molecule has 0 radical (unpaired) electrons. The number of amides is 2. The first-order valence-corrected chi connectivity index (χ1v) is 5.17. The van der Waals surface area contributed by atoms with Gasteiger partial charge in [-0.3, -0.25) is 9.59 Å². The normalized spacial score (nSPS) is 11.9. The molecule has 1 aromatic heterocycles. The number of hydrogen-bond donors (Lipinski definition) is 3. The van der Waals surface area contributed by atoms with Crippen molar-refractivity contribution >= 4 is 24.4 Å². The Labute approximate surface area is 97.4 Å². The highest BCUT2D eigenvalue weighted by molar-refractivity contribution is 7.80. The van der Waals surface area contributed by atoms with Crippen molar-refractivity contribution in [1.82, 2.24) is 20.8 Å². The van der Waals surface area contributed by atoms with Gasteiger partial charge in [0.1, 0.15) is 6.04 Å². The van der Waals surface area contributed by atoms with Crippen molar-refractivity contribution in [1.29, 1.82) is 0 Å². The molecular weight excluding hydrogens is 232 g/mol. The minimum absolute atomic E-state index is 0.152. The zero-order valence-electron chi connectivity index (χ0n) is 8.64. The smallest absolute Gasteiger partial charge is 0.243 e. The number of rotatable bonds is 5. The average molecular weight is 244 g/mol. The third-order valence-corrected chi connectivity index (χ3v) is 2.07. The van der Waals surface area contributed by atoms with Crippen molar-refractivity contribution in [2.45, 2.75) is 19.5 Å². The van der Waals surface area contributed by atoms with Crippen LogP contribution in [0.25, 0.3) is 0 Å². The van der Waals surface area contributed by atoms with Crippen LogP contribution in [0.1, 0.15) is 12.7 Å². The predicted octanol–water partition coefficient (Wildman–Crippen LogP) is -0.880. The molecular formula is C8H12N4O3S. The van der Waals surface area contributed by atoms with E-state index in [9.17, 15) is 9.59 Å². The van der Waals surface area contributed by atoms with Crippen LogP contribution in [-0.2, 0) is 16.1 Å². The summed E-state index contributed by atoms with van der Waals surface area (Å²) in [6.45, 7) is 1.49. The van der Waals surface area contributed by atoms with Gasteiger partial charge in [-0.05, 0) is 0 Å². The summed E-state index contributed by atoms with van der Waals surface area (Å²) in [6, 6.07) is -0.660. The fourth-order valence-electron chi connectivity index (χ4n) is 0.999. The SMILES string of the molecule is CC(=O)NC(CS)C(=O)NCc1ncon1. The molecule has 0 aliphatic rings. The maximum atomic E-state index is 11.5. The summed E-state index contributed by atoms with van der Waals surface area (Å²) in [7, 11) is 0. The first kappa shape index (κ1) is 12.5. The van der Waals surface area contributed by atoms with Crippen molar-refractivity contribution in [2.24, 2.45) is 0 Å². The zero-order chi connectivity index (χ0) is 12.0. The lowest BCUT2D eigenvalue weighted by molar-refractivity contribution is -0.127. The van der Waals surface area contributed by atoms with Crippen LogP contribution in [-0.4, -0.2) is 33.7 Å². The van der Waals surface area contributed by atoms with Crippen LogP contribution in [0, 0.1) is 0 Å². The highest BCUT2D eigenvalue weighted by Crippen LogP contribution is 1.91. The molecule has 2 N–H and O–H groups in total. The van der Waals surface area contributed by atoms with E-state index in [1.54, 1.807) is 0 Å². The summed E-state index contributed by atoms with van der Waals surface area (Å²) < 4.78 is 4.50. The lowest BCUT2D eigenvalue weighted by Gasteiger charge is -2.14. The molecule has 2 amide bonds. The molecule has 0 saturated heterocycles. The summed E-state index contributed by atoms with van der Waals surface area (Å²) in [5.41, 5.74) is 0. The van der Waals surface area contributed by atoms with Crippen LogP contribution in [0.15, 0.2) is 10.9 Å². The van der Waals surface area contributed by atoms with Gasteiger partial charge in [0.15, 0.2) is 5.82 Å². The number of carbonyl (C=O) groups excluding carboxylic acids is 2. The van der Waals surface area contributed by atoms with E-state index in [2.05, 4.69) is 37.9 Å². The van der Waals surface area contributed by atoms with E-state index in [0.29, 0.717) is 5.82 Å². The fraction of sp³-hybridized carbons (Fsp3) is 0.500. The number of hydrogen-bond acceptors (Lipinski definition) is 6. The second-order valence-corrected chi connectivity index (χ2v) is 3.37. The van der Waals surface area contributed by atoms with E-state index in [0.717, 1.165) is 0 Å². The maximum Gasteiger partial charge on any atom is 0.243 e. The quantitative estimate of drug-likeness (QED) is 0.584. The number of aromatic nitrogens is 2. The molecule has 1 rings (SSSR count). The van der Waals surface area contributed by atoms with Crippen molar-refractivity contribution in [3.63, 3.8) is 0 Å². The molecule has 7 nitrogen and oxygen atoms in total. The summed E-state index contributed by atoms with van der Waals surface area (Å²) in [6.07, 6.45) is 1.17. The van der Waals surface area contributed by atoms with Gasteiger partial charge in [0.05, 0.1) is 6.54 Å². The van der Waals surface area contributed by atoms with Gasteiger partial charge in [0, 0.05) is 12.7 Å². The summed E-state index contributed by atoms with van der Waals surface area (Å²) in [4.78, 5) is 26.1. The number of nitrogens with zero attached hydrogens (tertiary/aromatic N) is 2. The Morgan fingerprint density at radius 3 is 2.88 bits per heavy atom. The van der Waals surface area contributed by atoms with Crippen molar-refractivity contribution in [3.05, 3.63) is 12.2 Å². The molecule has 0 spiro atoms. The molecule has 16 heavy (non-hydrogen) atoms. The van der Waals surface area contributed by atoms with Gasteiger partial charge in [-0.15, -0.1) is 0 Å². The standard InChI is InChI=1S/C8H12N4O3S/c1-5(13)11-6(3-16)8(14)9-2-7-10-4-15-12-7/h4,6,16H,2-3H2,1H3,(H,9,14)(H,11,13). The van der Waals surface area contributed by atoms with Crippen LogP contribution in [0.5, 0.6) is 0 Å². The molecule has 8 heteroatoms. The average Bonchev–Trinajstić information content (AvgIpc) is 2.75. The molecule has 1 heterocycles. The molecule has 0 aliphatic carbocycles. The van der Waals surface area contributed by atoms with E-state index in [1.165, 1.54) is 13.3 Å². The fourth-order valence-corrected chi connectivity index (χ4v) is 1.26. The molecule has 0 saturated carbocycles. The lowest BCUT2D eigenvalue weighted by Crippen LogP contribution is -2.47. The Morgan fingerprint density at radius 2 is 2.38 bits per heavy atom. The summed E-state index contributed by atoms with van der Waals surface area (Å²) in [5.74, 6) is -0.0321. The molecule has 0 aromatic carbocycles. The van der Waals surface area contributed by atoms with Crippen molar-refractivity contribution in [2.75, 3.05) is 5.75 Å². The van der Waals surface area contributed by atoms with Crippen molar-refractivity contribution in [3.8, 4) is 0 Å². The van der Waals surface area contributed by atoms with Gasteiger partial charge in [-0.25, -0.2) is 0 Å². The topological polar surface area (TPSA) is 97.1 Å². The summed E-state index contributed by atoms with van der Waals surface area (Å²) >= 11 is 3.97. The van der Waals surface area contributed by atoms with E-state index >= 15 is 0 Å². The molecule has 0 bridgehead atoms. The van der Waals surface area contributed by atoms with Crippen LogP contribution in [0.3, 0.4) is 0 Å². The minimum atomic E-state index is -0.660. The molecule has 1 atom stereocenters. The van der Waals surface area contributed by atoms with Crippen LogP contribution in [0.4, 0.5) is 0 Å². The first-order valence-electron chi connectivity index (χ1n) is 4.54. The second-order valence-electron chi connectivity index (χ2n) is 3.00. The van der Waals surface area contributed by atoms with Gasteiger partial charge in [-0.2, -0.15) is 17.6 Å². The zero-order valence-corrected chi connectivity index (χ0v) is 9.53. The van der Waals surface area contributed by atoms with Gasteiger partial charge < -0.3 is 15.2 Å². The van der Waals surface area contributed by atoms with Gasteiger partial charge >= 0.3 is 0 Å². The summed E-state index contributed by atoms with van der Waals surface area (Å²) in [5, 5.41) is 8.55. The van der Waals surface area contributed by atoms with E-state index in [-0.39, 0.29) is 24.1 Å². The van der Waals surface area contributed by atoms with Crippen LogP contribution >= 0.6 is 12.6 Å². The molecule has 1 aromatic rings. The first-order chi connectivity index (χ1) is 7.63. The van der Waals surface area contributed by atoms with Gasteiger partial charge in [-0.1, -0.05) is 5.16 Å². The van der Waals surface area contributed by atoms with Crippen LogP contribution in [0.2, 0.25) is 0 Å². The molecule has 88 valence electrons. The molecule has 0 aliphatic heterocycles. The third kappa shape index (κ3) is 3.89. The monoisotopic (exact) mass is 244 g/mol. The number of nitrogens with one attached hydrogen (secondary N) is 2. The predicted molar refractivity (Wildman–Crippen MR) is 57.6 cm³/mol. The second kappa shape index (κ2) is 6.11. The van der Waals surface area contributed by atoms with Crippen molar-refractivity contribution < 1.29 is 14.1 Å². The third-order valence-electron chi connectivity index (χ3n) is 1.70. The Bertz CT molecular complexity index is 354.